The summed E-state index contributed by atoms with van der Waals surface area (Å²) >= 11 is 0. The molecule has 1 rings (SSSR count). The third kappa shape index (κ3) is 4.08. The highest BCUT2D eigenvalue weighted by Crippen LogP contribution is 2.20. The number of imide groups is 1. The maximum Gasteiger partial charge on any atom is 0.331 e. The highest BCUT2D eigenvalue weighted by Gasteiger charge is 2.27. The van der Waals surface area contributed by atoms with Crippen LogP contribution in [0.4, 0.5) is 4.79 Å². The van der Waals surface area contributed by atoms with Crippen LogP contribution in [-0.2, 0) is 9.59 Å². The van der Waals surface area contributed by atoms with Gasteiger partial charge in [-0.05, 0) is 32.6 Å². The van der Waals surface area contributed by atoms with Crippen LogP contribution in [0, 0.1) is 5.92 Å². The summed E-state index contributed by atoms with van der Waals surface area (Å²) in [5.41, 5.74) is -0.00395. The molecule has 112 valence electrons. The first-order valence-corrected chi connectivity index (χ1v) is 6.87. The van der Waals surface area contributed by atoms with Gasteiger partial charge in [-0.1, -0.05) is 13.3 Å². The highest BCUT2D eigenvalue weighted by molar-refractivity contribution is 6.07. The van der Waals surface area contributed by atoms with Crippen LogP contribution >= 0.6 is 0 Å². The number of likely N-dealkylation sites (tertiary alicyclic amines) is 1. The lowest BCUT2D eigenvalue weighted by atomic mass is 10.0. The first kappa shape index (κ1) is 16.2. The Morgan fingerprint density at radius 3 is 2.45 bits per heavy atom. The molecule has 2 N–H and O–H groups in total. The molecule has 0 spiro atoms. The molecule has 0 radical (unpaired) electrons. The molecule has 1 aliphatic rings. The zero-order valence-corrected chi connectivity index (χ0v) is 12.2. The lowest BCUT2D eigenvalue weighted by Gasteiger charge is -2.17. The van der Waals surface area contributed by atoms with Gasteiger partial charge in [0.15, 0.2) is 0 Å². The topological polar surface area (TPSA) is 86.7 Å². The molecule has 1 aliphatic heterocycles. The molecule has 6 heteroatoms. The van der Waals surface area contributed by atoms with Crippen molar-refractivity contribution in [1.29, 1.82) is 0 Å². The lowest BCUT2D eigenvalue weighted by molar-refractivity contribution is -0.133. The fraction of sp³-hybridized carbons (Fsp3) is 0.643. The van der Waals surface area contributed by atoms with Crippen molar-refractivity contribution >= 4 is 17.9 Å². The number of urea groups is 1. The Bertz CT molecular complexity index is 442. The molecule has 0 aliphatic carbocycles. The van der Waals surface area contributed by atoms with Gasteiger partial charge in [-0.3, -0.25) is 10.1 Å². The minimum atomic E-state index is -1.16. The molecule has 0 aromatic carbocycles. The number of carboxylic acid groups (broad SMARTS) is 1. The van der Waals surface area contributed by atoms with E-state index in [0.717, 1.165) is 19.3 Å². The molecule has 0 bridgehead atoms. The Balaban J connectivity index is 2.57. The molecule has 3 amide bonds. The molecule has 1 atom stereocenters. The normalized spacial score (nSPS) is 19.6. The summed E-state index contributed by atoms with van der Waals surface area (Å²) < 4.78 is 0. The number of hydrogen-bond acceptors (Lipinski definition) is 3. The van der Waals surface area contributed by atoms with Crippen molar-refractivity contribution in [2.45, 2.75) is 40.0 Å². The van der Waals surface area contributed by atoms with E-state index in [-0.39, 0.29) is 11.1 Å². The lowest BCUT2D eigenvalue weighted by Crippen LogP contribution is -2.42. The maximum absolute atomic E-state index is 11.9. The largest absolute Gasteiger partial charge is 0.478 e. The van der Waals surface area contributed by atoms with Crippen molar-refractivity contribution in [2.24, 2.45) is 5.92 Å². The van der Waals surface area contributed by atoms with Gasteiger partial charge in [-0.25, -0.2) is 9.59 Å². The summed E-state index contributed by atoms with van der Waals surface area (Å²) in [6, 6.07) is -0.439. The van der Waals surface area contributed by atoms with Crippen LogP contribution in [0.25, 0.3) is 0 Å². The van der Waals surface area contributed by atoms with E-state index in [1.807, 2.05) is 0 Å². The van der Waals surface area contributed by atoms with Gasteiger partial charge in [-0.2, -0.15) is 0 Å². The predicted molar refractivity (Wildman–Crippen MR) is 74.1 cm³/mol. The van der Waals surface area contributed by atoms with E-state index in [9.17, 15) is 14.4 Å². The molecule has 1 heterocycles. The molecule has 1 unspecified atom stereocenters. The van der Waals surface area contributed by atoms with Gasteiger partial charge in [0.25, 0.3) is 5.91 Å². The summed E-state index contributed by atoms with van der Waals surface area (Å²) in [6.45, 7) is 6.15. The Kier molecular flexibility index (Phi) is 5.73. The average molecular weight is 282 g/mol. The van der Waals surface area contributed by atoms with Gasteiger partial charge in [-0.15, -0.1) is 0 Å². The Hall–Kier alpha value is -1.85. The third-order valence-corrected chi connectivity index (χ3v) is 3.71. The van der Waals surface area contributed by atoms with Crippen LogP contribution in [0.5, 0.6) is 0 Å². The highest BCUT2D eigenvalue weighted by atomic mass is 16.4. The van der Waals surface area contributed by atoms with Gasteiger partial charge >= 0.3 is 12.0 Å². The summed E-state index contributed by atoms with van der Waals surface area (Å²) in [5, 5.41) is 11.1. The van der Waals surface area contributed by atoms with Crippen LogP contribution in [0.1, 0.15) is 40.0 Å². The summed E-state index contributed by atoms with van der Waals surface area (Å²) in [4.78, 5) is 36.1. The third-order valence-electron chi connectivity index (χ3n) is 3.71. The molecular formula is C14H22N2O4. The first-order chi connectivity index (χ1) is 9.36. The number of carbonyl (C=O) groups is 3. The van der Waals surface area contributed by atoms with E-state index in [4.69, 9.17) is 5.11 Å². The zero-order chi connectivity index (χ0) is 15.3. The van der Waals surface area contributed by atoms with E-state index in [2.05, 4.69) is 12.2 Å². The Morgan fingerprint density at radius 1 is 1.25 bits per heavy atom. The molecule has 0 aromatic rings. The van der Waals surface area contributed by atoms with Crippen LogP contribution < -0.4 is 5.32 Å². The molecule has 20 heavy (non-hydrogen) atoms. The van der Waals surface area contributed by atoms with Crippen molar-refractivity contribution < 1.29 is 19.5 Å². The fourth-order valence-corrected chi connectivity index (χ4v) is 2.26. The summed E-state index contributed by atoms with van der Waals surface area (Å²) in [5.74, 6) is -1.30. The van der Waals surface area contributed by atoms with E-state index in [1.165, 1.54) is 13.8 Å². The van der Waals surface area contributed by atoms with Crippen LogP contribution in [0.15, 0.2) is 11.1 Å². The average Bonchev–Trinajstić information content (AvgIpc) is 2.85. The first-order valence-electron chi connectivity index (χ1n) is 6.87. The number of nitrogens with one attached hydrogen (secondary N) is 1. The van der Waals surface area contributed by atoms with Crippen molar-refractivity contribution in [3.63, 3.8) is 0 Å². The summed E-state index contributed by atoms with van der Waals surface area (Å²) in [7, 11) is 0. The standard InChI is InChI=1S/C14H22N2O4/c1-4-5-11-6-7-16(8-11)14(20)15-12(17)9(2)10(3)13(18)19/h11H,4-8H2,1-3H3,(H,18,19)(H,15,17,20). The minimum Gasteiger partial charge on any atom is -0.478 e. The molecule has 1 saturated heterocycles. The predicted octanol–water partition coefficient (Wildman–Crippen LogP) is 1.77. The van der Waals surface area contributed by atoms with Crippen molar-refractivity contribution in [1.82, 2.24) is 10.2 Å². The number of rotatable bonds is 4. The quantitative estimate of drug-likeness (QED) is 0.769. The summed E-state index contributed by atoms with van der Waals surface area (Å²) in [6.07, 6.45) is 3.12. The van der Waals surface area contributed by atoms with Gasteiger partial charge < -0.3 is 10.0 Å². The van der Waals surface area contributed by atoms with Crippen LogP contribution in [0.3, 0.4) is 0 Å². The van der Waals surface area contributed by atoms with Gasteiger partial charge in [0.1, 0.15) is 0 Å². The zero-order valence-electron chi connectivity index (χ0n) is 12.2. The number of nitrogens with zero attached hydrogens (tertiary/aromatic N) is 1. The smallest absolute Gasteiger partial charge is 0.331 e. The van der Waals surface area contributed by atoms with Gasteiger partial charge in [0.05, 0.1) is 0 Å². The maximum atomic E-state index is 11.9. The van der Waals surface area contributed by atoms with Gasteiger partial charge in [0, 0.05) is 24.2 Å². The monoisotopic (exact) mass is 282 g/mol. The second-order valence-corrected chi connectivity index (χ2v) is 5.20. The second-order valence-electron chi connectivity index (χ2n) is 5.20. The fourth-order valence-electron chi connectivity index (χ4n) is 2.26. The SMILES string of the molecule is CCCC1CCN(C(=O)NC(=O)C(C)=C(C)C(=O)O)C1. The minimum absolute atomic E-state index is 0.0511. The van der Waals surface area contributed by atoms with Crippen molar-refractivity contribution in [3.8, 4) is 0 Å². The second kappa shape index (κ2) is 7.07. The molecule has 0 saturated carbocycles. The number of carboxylic acids is 1. The van der Waals surface area contributed by atoms with E-state index in [0.29, 0.717) is 19.0 Å². The molecule has 1 fully saturated rings. The molecule has 6 nitrogen and oxygen atoms in total. The van der Waals surface area contributed by atoms with E-state index >= 15 is 0 Å². The van der Waals surface area contributed by atoms with Crippen LogP contribution in [0.2, 0.25) is 0 Å². The number of carbonyl (C=O) groups excluding carboxylic acids is 2. The molecule has 0 aromatic heterocycles. The number of amides is 3. The van der Waals surface area contributed by atoms with Crippen LogP contribution in [-0.4, -0.2) is 41.0 Å². The molecular weight excluding hydrogens is 260 g/mol. The van der Waals surface area contributed by atoms with Crippen molar-refractivity contribution in [2.75, 3.05) is 13.1 Å². The Labute approximate surface area is 118 Å². The number of aliphatic carboxylic acids is 1. The van der Waals surface area contributed by atoms with E-state index in [1.54, 1.807) is 4.90 Å². The number of hydrogen-bond donors (Lipinski definition) is 2. The van der Waals surface area contributed by atoms with Crippen molar-refractivity contribution in [3.05, 3.63) is 11.1 Å². The van der Waals surface area contributed by atoms with E-state index < -0.39 is 17.9 Å². The Morgan fingerprint density at radius 2 is 1.90 bits per heavy atom. The van der Waals surface area contributed by atoms with Gasteiger partial charge in [0.2, 0.25) is 0 Å².